The summed E-state index contributed by atoms with van der Waals surface area (Å²) in [6.45, 7) is 5.22. The molecule has 1 aromatic heterocycles. The van der Waals surface area contributed by atoms with Crippen molar-refractivity contribution >= 4 is 11.6 Å². The van der Waals surface area contributed by atoms with Gasteiger partial charge < -0.3 is 9.73 Å². The quantitative estimate of drug-likeness (QED) is 0.690. The maximum Gasteiger partial charge on any atom is 0.255 e. The van der Waals surface area contributed by atoms with Gasteiger partial charge in [0.1, 0.15) is 0 Å². The maximum atomic E-state index is 12.5. The number of rotatable bonds is 7. The first-order valence-electron chi connectivity index (χ1n) is 9.00. The molecule has 2 aromatic carbocycles. The predicted molar refractivity (Wildman–Crippen MR) is 104 cm³/mol. The molecule has 0 atom stereocenters. The van der Waals surface area contributed by atoms with E-state index in [9.17, 15) is 4.79 Å². The molecule has 0 aliphatic carbocycles. The summed E-state index contributed by atoms with van der Waals surface area (Å²) in [4.78, 5) is 14.6. The molecule has 1 amide bonds. The third kappa shape index (κ3) is 5.24. The molecule has 0 radical (unpaired) electrons. The normalized spacial score (nSPS) is 11.0. The van der Waals surface area contributed by atoms with E-state index in [-0.39, 0.29) is 5.91 Å². The molecule has 0 aliphatic heterocycles. The van der Waals surface area contributed by atoms with Crippen LogP contribution in [0.25, 0.3) is 0 Å². The van der Waals surface area contributed by atoms with Crippen LogP contribution >= 0.6 is 0 Å². The molecule has 1 heterocycles. The number of carbonyl (C=O) groups is 1. The van der Waals surface area contributed by atoms with Crippen LogP contribution in [0.4, 0.5) is 5.69 Å². The Morgan fingerprint density at radius 3 is 2.59 bits per heavy atom. The molecule has 27 heavy (non-hydrogen) atoms. The summed E-state index contributed by atoms with van der Waals surface area (Å²) >= 11 is 0. The van der Waals surface area contributed by atoms with Crippen molar-refractivity contribution in [1.82, 2.24) is 15.1 Å². The summed E-state index contributed by atoms with van der Waals surface area (Å²) in [6.07, 6.45) is 0.731. The van der Waals surface area contributed by atoms with Crippen molar-refractivity contribution in [1.29, 1.82) is 0 Å². The number of amides is 1. The third-order valence-corrected chi connectivity index (χ3v) is 4.13. The second-order valence-electron chi connectivity index (χ2n) is 6.64. The molecular formula is C21H24N4O2. The fraction of sp³-hybridized carbons (Fsp3) is 0.286. The Balaban J connectivity index is 1.63. The number of aryl methyl sites for hydroxylation is 2. The van der Waals surface area contributed by atoms with E-state index in [1.54, 1.807) is 0 Å². The van der Waals surface area contributed by atoms with Crippen LogP contribution in [-0.2, 0) is 19.5 Å². The van der Waals surface area contributed by atoms with E-state index < -0.39 is 0 Å². The van der Waals surface area contributed by atoms with Crippen molar-refractivity contribution in [3.63, 3.8) is 0 Å². The van der Waals surface area contributed by atoms with Gasteiger partial charge in [-0.15, -0.1) is 10.2 Å². The van der Waals surface area contributed by atoms with Crippen LogP contribution in [0.15, 0.2) is 52.9 Å². The number of benzene rings is 2. The van der Waals surface area contributed by atoms with Gasteiger partial charge in [0.2, 0.25) is 11.8 Å². The molecule has 3 aromatic rings. The second kappa shape index (κ2) is 8.60. The van der Waals surface area contributed by atoms with E-state index >= 15 is 0 Å². The fourth-order valence-corrected chi connectivity index (χ4v) is 2.83. The maximum absolute atomic E-state index is 12.5. The number of hydrogen-bond acceptors (Lipinski definition) is 5. The SMILES string of the molecule is CCc1nnc(CN(C)Cc2cccc(C(=O)Nc3cccc(C)c3)c2)o1. The van der Waals surface area contributed by atoms with Crippen molar-refractivity contribution in [2.45, 2.75) is 33.4 Å². The monoisotopic (exact) mass is 364 g/mol. The lowest BCUT2D eigenvalue weighted by atomic mass is 10.1. The zero-order chi connectivity index (χ0) is 19.2. The van der Waals surface area contributed by atoms with Crippen LogP contribution in [0, 0.1) is 6.92 Å². The third-order valence-electron chi connectivity index (χ3n) is 4.13. The number of anilines is 1. The van der Waals surface area contributed by atoms with Gasteiger partial charge in [0.15, 0.2) is 0 Å². The van der Waals surface area contributed by atoms with Gasteiger partial charge >= 0.3 is 0 Å². The first kappa shape index (κ1) is 18.8. The molecule has 0 unspecified atom stereocenters. The highest BCUT2D eigenvalue weighted by atomic mass is 16.4. The molecule has 1 N–H and O–H groups in total. The lowest BCUT2D eigenvalue weighted by molar-refractivity contribution is 0.102. The highest BCUT2D eigenvalue weighted by molar-refractivity contribution is 6.04. The molecule has 0 saturated carbocycles. The summed E-state index contributed by atoms with van der Waals surface area (Å²) in [5.41, 5.74) is 3.58. The number of hydrogen-bond donors (Lipinski definition) is 1. The van der Waals surface area contributed by atoms with Gasteiger partial charge in [-0.05, 0) is 49.4 Å². The van der Waals surface area contributed by atoms with Crippen LogP contribution in [-0.4, -0.2) is 28.1 Å². The summed E-state index contributed by atoms with van der Waals surface area (Å²) in [6, 6.07) is 15.4. The number of carbonyl (C=O) groups excluding carboxylic acids is 1. The van der Waals surface area contributed by atoms with Gasteiger partial charge in [0.25, 0.3) is 5.91 Å². The van der Waals surface area contributed by atoms with Gasteiger partial charge in [-0.3, -0.25) is 9.69 Å². The minimum absolute atomic E-state index is 0.116. The van der Waals surface area contributed by atoms with Crippen LogP contribution in [0.2, 0.25) is 0 Å². The molecule has 0 fully saturated rings. The average molecular weight is 364 g/mol. The molecule has 0 aliphatic rings. The van der Waals surface area contributed by atoms with Crippen LogP contribution < -0.4 is 5.32 Å². The first-order valence-corrected chi connectivity index (χ1v) is 9.00. The number of aromatic nitrogens is 2. The molecular weight excluding hydrogens is 340 g/mol. The summed E-state index contributed by atoms with van der Waals surface area (Å²) in [7, 11) is 1.98. The van der Waals surface area contributed by atoms with Crippen LogP contribution in [0.3, 0.4) is 0 Å². The highest BCUT2D eigenvalue weighted by Crippen LogP contribution is 2.14. The predicted octanol–water partition coefficient (Wildman–Crippen LogP) is 3.82. The Kier molecular flexibility index (Phi) is 5.98. The molecule has 140 valence electrons. The Morgan fingerprint density at radius 2 is 1.85 bits per heavy atom. The van der Waals surface area contributed by atoms with Gasteiger partial charge in [-0.2, -0.15) is 0 Å². The van der Waals surface area contributed by atoms with Gasteiger partial charge in [-0.1, -0.05) is 31.2 Å². The Bertz CT molecular complexity index is 920. The Morgan fingerprint density at radius 1 is 1.07 bits per heavy atom. The molecule has 3 rings (SSSR count). The van der Waals surface area contributed by atoms with Crippen LogP contribution in [0.1, 0.15) is 40.2 Å². The smallest absolute Gasteiger partial charge is 0.255 e. The zero-order valence-electron chi connectivity index (χ0n) is 15.9. The average Bonchev–Trinajstić information content (AvgIpc) is 3.09. The van der Waals surface area contributed by atoms with E-state index in [0.29, 0.717) is 30.4 Å². The van der Waals surface area contributed by atoms with Crippen molar-refractivity contribution in [3.05, 3.63) is 77.0 Å². The standard InChI is InChI=1S/C21H24N4O2/c1-4-19-23-24-20(27-19)14-25(3)13-16-8-6-9-17(12-16)21(26)22-18-10-5-7-15(2)11-18/h5-12H,4,13-14H2,1-3H3,(H,22,26). The van der Waals surface area contributed by atoms with E-state index in [4.69, 9.17) is 4.42 Å². The van der Waals surface area contributed by atoms with E-state index in [1.165, 1.54) is 0 Å². The first-order chi connectivity index (χ1) is 13.0. The van der Waals surface area contributed by atoms with Crippen LogP contribution in [0.5, 0.6) is 0 Å². The molecule has 6 heteroatoms. The van der Waals surface area contributed by atoms with Gasteiger partial charge in [0.05, 0.1) is 6.54 Å². The van der Waals surface area contributed by atoms with Crippen molar-refractivity contribution < 1.29 is 9.21 Å². The lowest BCUT2D eigenvalue weighted by Gasteiger charge is -2.15. The molecule has 0 spiro atoms. The fourth-order valence-electron chi connectivity index (χ4n) is 2.83. The molecule has 0 bridgehead atoms. The summed E-state index contributed by atoms with van der Waals surface area (Å²) < 4.78 is 5.55. The van der Waals surface area contributed by atoms with Crippen molar-refractivity contribution in [3.8, 4) is 0 Å². The lowest BCUT2D eigenvalue weighted by Crippen LogP contribution is -2.18. The Hall–Kier alpha value is -2.99. The number of nitrogens with one attached hydrogen (secondary N) is 1. The summed E-state index contributed by atoms with van der Waals surface area (Å²) in [5, 5.41) is 11.0. The molecule has 0 saturated heterocycles. The van der Waals surface area contributed by atoms with E-state index in [0.717, 1.165) is 23.2 Å². The number of nitrogens with zero attached hydrogens (tertiary/aromatic N) is 3. The highest BCUT2D eigenvalue weighted by Gasteiger charge is 2.11. The largest absolute Gasteiger partial charge is 0.424 e. The second-order valence-corrected chi connectivity index (χ2v) is 6.64. The van der Waals surface area contributed by atoms with Crippen molar-refractivity contribution in [2.24, 2.45) is 0 Å². The van der Waals surface area contributed by atoms with E-state index in [1.807, 2.05) is 69.4 Å². The van der Waals surface area contributed by atoms with Gasteiger partial charge in [0, 0.05) is 24.2 Å². The zero-order valence-corrected chi connectivity index (χ0v) is 15.9. The van der Waals surface area contributed by atoms with Crippen molar-refractivity contribution in [2.75, 3.05) is 12.4 Å². The minimum Gasteiger partial charge on any atom is -0.424 e. The minimum atomic E-state index is -0.116. The Labute approximate surface area is 159 Å². The topological polar surface area (TPSA) is 71.3 Å². The summed E-state index contributed by atoms with van der Waals surface area (Å²) in [5.74, 6) is 1.13. The molecule has 6 nitrogen and oxygen atoms in total. The van der Waals surface area contributed by atoms with E-state index in [2.05, 4.69) is 20.4 Å². The van der Waals surface area contributed by atoms with Gasteiger partial charge in [-0.25, -0.2) is 0 Å².